The van der Waals surface area contributed by atoms with E-state index in [1.165, 1.54) is 6.42 Å². The summed E-state index contributed by atoms with van der Waals surface area (Å²) in [5.41, 5.74) is 1.56. The van der Waals surface area contributed by atoms with E-state index in [-0.39, 0.29) is 24.4 Å². The predicted molar refractivity (Wildman–Crippen MR) is 112 cm³/mol. The lowest BCUT2D eigenvalue weighted by Gasteiger charge is -2.38. The first-order chi connectivity index (χ1) is 14.1. The van der Waals surface area contributed by atoms with Gasteiger partial charge in [-0.2, -0.15) is 0 Å². The fraction of sp³-hybridized carbons (Fsp3) is 0.478. The highest BCUT2D eigenvalue weighted by atomic mass is 16.5. The summed E-state index contributed by atoms with van der Waals surface area (Å²) in [6, 6.07) is 10.7. The molecule has 6 nitrogen and oxygen atoms in total. The lowest BCUT2D eigenvalue weighted by molar-refractivity contribution is -0.129. The van der Waals surface area contributed by atoms with Gasteiger partial charge in [-0.15, -0.1) is 0 Å². The zero-order valence-corrected chi connectivity index (χ0v) is 17.1. The summed E-state index contributed by atoms with van der Waals surface area (Å²) in [6.45, 7) is 4.95. The molecule has 1 saturated carbocycles. The Morgan fingerprint density at radius 2 is 1.93 bits per heavy atom. The number of benzene rings is 1. The number of nitrogens with one attached hydrogen (secondary N) is 1. The van der Waals surface area contributed by atoms with E-state index in [2.05, 4.69) is 12.2 Å². The highest BCUT2D eigenvalue weighted by Gasteiger charge is 2.39. The van der Waals surface area contributed by atoms with Crippen molar-refractivity contribution >= 4 is 17.5 Å². The van der Waals surface area contributed by atoms with Crippen LogP contribution in [0.3, 0.4) is 0 Å². The van der Waals surface area contributed by atoms with Crippen LogP contribution in [0.2, 0.25) is 0 Å². The third-order valence-corrected chi connectivity index (χ3v) is 6.09. The van der Waals surface area contributed by atoms with E-state index in [1.54, 1.807) is 4.90 Å². The molecule has 2 heterocycles. The van der Waals surface area contributed by atoms with Crippen LogP contribution >= 0.6 is 0 Å². The average Bonchev–Trinajstić information content (AvgIpc) is 3.17. The van der Waals surface area contributed by atoms with E-state index in [9.17, 15) is 9.59 Å². The molecule has 0 spiro atoms. The van der Waals surface area contributed by atoms with Gasteiger partial charge in [0.25, 0.3) is 0 Å². The van der Waals surface area contributed by atoms with Crippen LogP contribution in [0.1, 0.15) is 51.3 Å². The minimum Gasteiger partial charge on any atom is -0.494 e. The van der Waals surface area contributed by atoms with Crippen molar-refractivity contribution < 1.29 is 14.3 Å². The quantitative estimate of drug-likeness (QED) is 0.840. The number of nitrogens with zero attached hydrogens (tertiary/aromatic N) is 2. The maximum Gasteiger partial charge on any atom is 0.249 e. The van der Waals surface area contributed by atoms with E-state index in [1.807, 2.05) is 54.1 Å². The normalized spacial score (nSPS) is 24.1. The fourth-order valence-electron chi connectivity index (χ4n) is 4.52. The lowest BCUT2D eigenvalue weighted by atomic mass is 9.85. The first kappa shape index (κ1) is 19.6. The lowest BCUT2D eigenvalue weighted by Crippen LogP contribution is -2.52. The first-order valence-electron chi connectivity index (χ1n) is 10.6. The molecule has 6 heteroatoms. The zero-order chi connectivity index (χ0) is 20.4. The van der Waals surface area contributed by atoms with Crippen molar-refractivity contribution in [3.8, 4) is 5.75 Å². The van der Waals surface area contributed by atoms with E-state index >= 15 is 0 Å². The summed E-state index contributed by atoms with van der Waals surface area (Å²) in [7, 11) is 0. The van der Waals surface area contributed by atoms with Crippen LogP contribution in [0.25, 0.3) is 0 Å². The van der Waals surface area contributed by atoms with Crippen LogP contribution in [-0.4, -0.2) is 29.0 Å². The number of hydrogen-bond acceptors (Lipinski definition) is 3. The Balaban J connectivity index is 1.65. The molecule has 0 unspecified atom stereocenters. The molecule has 29 heavy (non-hydrogen) atoms. The third-order valence-electron chi connectivity index (χ3n) is 6.09. The number of ether oxygens (including phenoxy) is 1. The van der Waals surface area contributed by atoms with Gasteiger partial charge in [0.2, 0.25) is 11.8 Å². The summed E-state index contributed by atoms with van der Waals surface area (Å²) < 4.78 is 7.40. The molecule has 0 radical (unpaired) electrons. The molecule has 0 bridgehead atoms. The van der Waals surface area contributed by atoms with Gasteiger partial charge in [0.1, 0.15) is 12.3 Å². The van der Waals surface area contributed by atoms with Crippen LogP contribution in [0.5, 0.6) is 5.75 Å². The van der Waals surface area contributed by atoms with Crippen molar-refractivity contribution in [2.45, 2.75) is 58.2 Å². The molecule has 1 N–H and O–H groups in total. The van der Waals surface area contributed by atoms with Gasteiger partial charge in [0.15, 0.2) is 6.04 Å². The molecular formula is C23H29N3O3. The highest BCUT2D eigenvalue weighted by molar-refractivity contribution is 6.02. The van der Waals surface area contributed by atoms with Crippen molar-refractivity contribution in [1.29, 1.82) is 0 Å². The summed E-state index contributed by atoms with van der Waals surface area (Å²) in [5.74, 6) is 1.01. The minimum absolute atomic E-state index is 0.0882. The van der Waals surface area contributed by atoms with Gasteiger partial charge in [-0.25, -0.2) is 0 Å². The number of anilines is 1. The Labute approximate surface area is 171 Å². The molecule has 1 aliphatic heterocycles. The molecule has 1 fully saturated rings. The molecule has 1 aromatic carbocycles. The first-order valence-corrected chi connectivity index (χ1v) is 10.6. The molecule has 154 valence electrons. The Morgan fingerprint density at radius 3 is 2.66 bits per heavy atom. The van der Waals surface area contributed by atoms with E-state index < -0.39 is 6.04 Å². The van der Waals surface area contributed by atoms with Crippen LogP contribution in [0, 0.1) is 5.92 Å². The van der Waals surface area contributed by atoms with Crippen LogP contribution in [0.4, 0.5) is 5.69 Å². The molecule has 2 aromatic rings. The molecule has 1 aliphatic carbocycles. The molecule has 1 aromatic heterocycles. The fourth-order valence-corrected chi connectivity index (χ4v) is 4.52. The summed E-state index contributed by atoms with van der Waals surface area (Å²) in [6.07, 6.45) is 6.35. The number of rotatable bonds is 5. The molecular weight excluding hydrogens is 366 g/mol. The van der Waals surface area contributed by atoms with Gasteiger partial charge >= 0.3 is 0 Å². The van der Waals surface area contributed by atoms with Crippen molar-refractivity contribution in [2.75, 3.05) is 11.5 Å². The van der Waals surface area contributed by atoms with Crippen molar-refractivity contribution in [1.82, 2.24) is 9.88 Å². The third kappa shape index (κ3) is 3.88. The average molecular weight is 396 g/mol. The Bertz CT molecular complexity index is 874. The predicted octanol–water partition coefficient (Wildman–Crippen LogP) is 3.67. The summed E-state index contributed by atoms with van der Waals surface area (Å²) in [5, 5.41) is 3.25. The smallest absolute Gasteiger partial charge is 0.249 e. The van der Waals surface area contributed by atoms with Crippen LogP contribution in [0.15, 0.2) is 42.6 Å². The van der Waals surface area contributed by atoms with Gasteiger partial charge in [0.05, 0.1) is 12.3 Å². The van der Waals surface area contributed by atoms with Crippen LogP contribution in [-0.2, 0) is 16.1 Å². The second-order valence-corrected chi connectivity index (χ2v) is 8.03. The standard InChI is InChI=1S/C23H29N3O3/c1-3-29-18-12-10-17(11-13-18)26-21(27)15-25-14-6-9-20(25)22(26)23(28)24-19-8-5-4-7-16(19)2/h6,9-14,16,19,22H,3-5,7-8,15H2,1-2H3,(H,24,28)/t16-,19+,22-/m1/s1. The zero-order valence-electron chi connectivity index (χ0n) is 17.1. The number of amides is 2. The maximum atomic E-state index is 13.4. The number of fused-ring (bicyclic) bond motifs is 1. The number of aromatic nitrogens is 1. The Hall–Kier alpha value is -2.76. The maximum absolute atomic E-state index is 13.4. The van der Waals surface area contributed by atoms with E-state index in [0.717, 1.165) is 30.7 Å². The number of carbonyl (C=O) groups excluding carboxylic acids is 2. The second-order valence-electron chi connectivity index (χ2n) is 8.03. The van der Waals surface area contributed by atoms with Crippen LogP contribution < -0.4 is 15.0 Å². The van der Waals surface area contributed by atoms with Crippen molar-refractivity contribution in [3.63, 3.8) is 0 Å². The van der Waals surface area contributed by atoms with E-state index in [4.69, 9.17) is 4.74 Å². The molecule has 3 atom stereocenters. The summed E-state index contributed by atoms with van der Waals surface area (Å²) in [4.78, 5) is 28.1. The monoisotopic (exact) mass is 395 g/mol. The van der Waals surface area contributed by atoms with Gasteiger partial charge in [-0.3, -0.25) is 14.5 Å². The molecule has 2 aliphatic rings. The molecule has 4 rings (SSSR count). The largest absolute Gasteiger partial charge is 0.494 e. The van der Waals surface area contributed by atoms with Gasteiger partial charge in [0, 0.05) is 17.9 Å². The number of carbonyl (C=O) groups is 2. The van der Waals surface area contributed by atoms with E-state index in [0.29, 0.717) is 18.2 Å². The number of hydrogen-bond donors (Lipinski definition) is 1. The minimum atomic E-state index is -0.668. The van der Waals surface area contributed by atoms with Crippen molar-refractivity contribution in [2.24, 2.45) is 5.92 Å². The summed E-state index contributed by atoms with van der Waals surface area (Å²) >= 11 is 0. The Morgan fingerprint density at radius 1 is 1.17 bits per heavy atom. The second kappa shape index (κ2) is 8.31. The topological polar surface area (TPSA) is 63.6 Å². The molecule has 0 saturated heterocycles. The van der Waals surface area contributed by atoms with Gasteiger partial charge in [-0.1, -0.05) is 19.8 Å². The van der Waals surface area contributed by atoms with Gasteiger partial charge in [-0.05, 0) is 62.1 Å². The van der Waals surface area contributed by atoms with Crippen molar-refractivity contribution in [3.05, 3.63) is 48.3 Å². The molecule has 2 amide bonds. The highest BCUT2D eigenvalue weighted by Crippen LogP contribution is 2.34. The SMILES string of the molecule is CCOc1ccc(N2C(=O)Cn3cccc3[C@@H]2C(=O)N[C@H]2CCCC[C@H]2C)cc1. The Kier molecular flexibility index (Phi) is 5.60. The van der Waals surface area contributed by atoms with Gasteiger partial charge < -0.3 is 14.6 Å².